The third-order valence-corrected chi connectivity index (χ3v) is 7.44. The molecule has 1 saturated carbocycles. The van der Waals surface area contributed by atoms with Crippen LogP contribution in [0.5, 0.6) is 0 Å². The van der Waals surface area contributed by atoms with Crippen molar-refractivity contribution in [2.24, 2.45) is 0 Å². The maximum Gasteiger partial charge on any atom is 0.358 e. The highest BCUT2D eigenvalue weighted by Gasteiger charge is 2.39. The van der Waals surface area contributed by atoms with Gasteiger partial charge in [0.15, 0.2) is 27.3 Å². The number of amides is 2. The zero-order valence-corrected chi connectivity index (χ0v) is 17.2. The highest BCUT2D eigenvalue weighted by atomic mass is 32.2. The molecule has 1 N–H and O–H groups in total. The largest absolute Gasteiger partial charge is 0.451 e. The second-order valence-electron chi connectivity index (χ2n) is 7.09. The van der Waals surface area contributed by atoms with Gasteiger partial charge >= 0.3 is 5.97 Å². The van der Waals surface area contributed by atoms with Crippen LogP contribution in [0.1, 0.15) is 49.5 Å². The fraction of sp³-hybridized carbons (Fsp3) is 0.647. The molecule has 9 nitrogen and oxygen atoms in total. The number of anilines is 1. The molecule has 11 heteroatoms. The van der Waals surface area contributed by atoms with Crippen molar-refractivity contribution in [1.29, 1.82) is 0 Å². The molecule has 2 heterocycles. The highest BCUT2D eigenvalue weighted by molar-refractivity contribution is 7.91. The molecule has 2 amide bonds. The third kappa shape index (κ3) is 5.07. The first-order valence-electron chi connectivity index (χ1n) is 9.17. The number of hydrogen-bond donors (Lipinski definition) is 1. The van der Waals surface area contributed by atoms with E-state index in [4.69, 9.17) is 4.74 Å². The molecule has 2 aliphatic rings. The molecule has 1 aromatic heterocycles. The first-order valence-corrected chi connectivity index (χ1v) is 11.9. The van der Waals surface area contributed by atoms with Gasteiger partial charge in [-0.1, -0.05) is 12.8 Å². The van der Waals surface area contributed by atoms with Crippen molar-refractivity contribution in [3.63, 3.8) is 0 Å². The Labute approximate surface area is 167 Å². The number of nitrogens with zero attached hydrogens (tertiary/aromatic N) is 2. The lowest BCUT2D eigenvalue weighted by Crippen LogP contribution is -2.48. The predicted octanol–water partition coefficient (Wildman–Crippen LogP) is 1.22. The predicted molar refractivity (Wildman–Crippen MR) is 103 cm³/mol. The van der Waals surface area contributed by atoms with Crippen LogP contribution < -0.4 is 5.32 Å². The molecule has 154 valence electrons. The number of carbonyl (C=O) groups is 3. The number of esters is 1. The summed E-state index contributed by atoms with van der Waals surface area (Å²) in [6.07, 6.45) is 4.09. The minimum absolute atomic E-state index is 0.00450. The van der Waals surface area contributed by atoms with Crippen molar-refractivity contribution in [3.05, 3.63) is 11.1 Å². The van der Waals surface area contributed by atoms with E-state index in [1.807, 2.05) is 0 Å². The zero-order chi connectivity index (χ0) is 20.3. The van der Waals surface area contributed by atoms with Gasteiger partial charge in [-0.25, -0.2) is 18.2 Å². The molecule has 1 atom stereocenters. The van der Waals surface area contributed by atoms with Crippen LogP contribution in [0.4, 0.5) is 5.13 Å². The van der Waals surface area contributed by atoms with Crippen molar-refractivity contribution >= 4 is 44.1 Å². The molecule has 0 radical (unpaired) electrons. The Morgan fingerprint density at radius 3 is 2.57 bits per heavy atom. The number of ether oxygens (including phenoxy) is 1. The summed E-state index contributed by atoms with van der Waals surface area (Å²) in [6, 6.07) is -0.361. The first kappa shape index (κ1) is 20.7. The average molecular weight is 430 g/mol. The van der Waals surface area contributed by atoms with Crippen LogP contribution in [0, 0.1) is 0 Å². The fourth-order valence-electron chi connectivity index (χ4n) is 3.73. The summed E-state index contributed by atoms with van der Waals surface area (Å²) >= 11 is 1.08. The third-order valence-electron chi connectivity index (χ3n) is 4.93. The molecule has 1 saturated heterocycles. The maximum atomic E-state index is 12.8. The Bertz CT molecular complexity index is 860. The minimum atomic E-state index is -3.13. The summed E-state index contributed by atoms with van der Waals surface area (Å²) < 4.78 is 28.8. The van der Waals surface area contributed by atoms with Gasteiger partial charge in [0.25, 0.3) is 5.91 Å². The van der Waals surface area contributed by atoms with E-state index in [0.717, 1.165) is 37.0 Å². The van der Waals surface area contributed by atoms with Crippen LogP contribution in [0.3, 0.4) is 0 Å². The van der Waals surface area contributed by atoms with Crippen LogP contribution in [0.15, 0.2) is 5.38 Å². The fourth-order valence-corrected chi connectivity index (χ4v) is 6.17. The van der Waals surface area contributed by atoms with Crippen LogP contribution in [0.2, 0.25) is 0 Å². The molecule has 1 aromatic rings. The van der Waals surface area contributed by atoms with Gasteiger partial charge in [0, 0.05) is 24.4 Å². The lowest BCUT2D eigenvalue weighted by Gasteiger charge is -2.33. The van der Waals surface area contributed by atoms with Crippen molar-refractivity contribution in [1.82, 2.24) is 9.88 Å². The van der Waals surface area contributed by atoms with E-state index in [1.54, 1.807) is 4.90 Å². The van der Waals surface area contributed by atoms with E-state index in [-0.39, 0.29) is 46.2 Å². The molecular weight excluding hydrogens is 406 g/mol. The van der Waals surface area contributed by atoms with Gasteiger partial charge in [0.05, 0.1) is 11.5 Å². The number of hydrogen-bond acceptors (Lipinski definition) is 8. The Morgan fingerprint density at radius 1 is 1.25 bits per heavy atom. The van der Waals surface area contributed by atoms with Crippen molar-refractivity contribution in [2.75, 3.05) is 23.4 Å². The Balaban J connectivity index is 1.62. The molecule has 0 aromatic carbocycles. The normalized spacial score (nSPS) is 21.4. The summed E-state index contributed by atoms with van der Waals surface area (Å²) in [5.41, 5.74) is 0.0115. The molecule has 1 aliphatic heterocycles. The van der Waals surface area contributed by atoms with Gasteiger partial charge in [-0.15, -0.1) is 11.3 Å². The number of aromatic nitrogens is 1. The first-order chi connectivity index (χ1) is 13.2. The number of carbonyl (C=O) groups excluding carboxylic acids is 3. The Kier molecular flexibility index (Phi) is 6.33. The van der Waals surface area contributed by atoms with Crippen LogP contribution in [-0.4, -0.2) is 66.3 Å². The molecule has 0 bridgehead atoms. The number of rotatable bonds is 6. The smallest absolute Gasteiger partial charge is 0.358 e. The number of sulfone groups is 1. The standard InChI is InChI=1S/C17H23N3O6S2/c1-11(21)18-17-19-14(9-27-17)16(23)26-8-15(22)20(12-4-2-3-5-12)13-6-7-28(24,25)10-13/h9,12-13H,2-8,10H2,1H3,(H,18,19,21). The summed E-state index contributed by atoms with van der Waals surface area (Å²) in [4.78, 5) is 41.6. The Morgan fingerprint density at radius 2 is 1.96 bits per heavy atom. The van der Waals surface area contributed by atoms with Gasteiger partial charge in [-0.3, -0.25) is 9.59 Å². The second-order valence-corrected chi connectivity index (χ2v) is 10.2. The minimum Gasteiger partial charge on any atom is -0.451 e. The monoisotopic (exact) mass is 429 g/mol. The van der Waals surface area contributed by atoms with Crippen LogP contribution >= 0.6 is 11.3 Å². The topological polar surface area (TPSA) is 123 Å². The van der Waals surface area contributed by atoms with Gasteiger partial charge in [0.2, 0.25) is 5.91 Å². The van der Waals surface area contributed by atoms with Crippen molar-refractivity contribution in [2.45, 2.75) is 51.1 Å². The summed E-state index contributed by atoms with van der Waals surface area (Å²) in [5, 5.41) is 4.19. The average Bonchev–Trinajstić information content (AvgIpc) is 3.35. The van der Waals surface area contributed by atoms with E-state index < -0.39 is 22.4 Å². The van der Waals surface area contributed by atoms with E-state index in [1.165, 1.54) is 12.3 Å². The van der Waals surface area contributed by atoms with Crippen LogP contribution in [0.25, 0.3) is 0 Å². The summed E-state index contributed by atoms with van der Waals surface area (Å²) in [5.74, 6) is -1.39. The molecule has 1 unspecified atom stereocenters. The summed E-state index contributed by atoms with van der Waals surface area (Å²) in [6.45, 7) is 0.873. The van der Waals surface area contributed by atoms with Gasteiger partial charge in [-0.2, -0.15) is 0 Å². The van der Waals surface area contributed by atoms with E-state index in [2.05, 4.69) is 10.3 Å². The van der Waals surface area contributed by atoms with Crippen molar-refractivity contribution in [3.8, 4) is 0 Å². The van der Waals surface area contributed by atoms with Crippen LogP contribution in [-0.2, 0) is 24.2 Å². The lowest BCUT2D eigenvalue weighted by molar-refractivity contribution is -0.139. The molecule has 1 aliphatic carbocycles. The molecule has 3 rings (SSSR count). The SMILES string of the molecule is CC(=O)Nc1nc(C(=O)OCC(=O)N(C2CCCC2)C2CCS(=O)(=O)C2)cs1. The second kappa shape index (κ2) is 8.56. The Hall–Kier alpha value is -2.01. The quantitative estimate of drug-likeness (QED) is 0.674. The highest BCUT2D eigenvalue weighted by Crippen LogP contribution is 2.29. The van der Waals surface area contributed by atoms with Gasteiger partial charge in [-0.05, 0) is 19.3 Å². The molecule has 28 heavy (non-hydrogen) atoms. The molecular formula is C17H23N3O6S2. The molecule has 2 fully saturated rings. The van der Waals surface area contributed by atoms with E-state index >= 15 is 0 Å². The van der Waals surface area contributed by atoms with Gasteiger partial charge in [0.1, 0.15) is 0 Å². The van der Waals surface area contributed by atoms with Gasteiger partial charge < -0.3 is 15.0 Å². The number of thiazole rings is 1. The van der Waals surface area contributed by atoms with E-state index in [9.17, 15) is 22.8 Å². The zero-order valence-electron chi connectivity index (χ0n) is 15.5. The summed E-state index contributed by atoms with van der Waals surface area (Å²) in [7, 11) is -3.13. The molecule has 0 spiro atoms. The van der Waals surface area contributed by atoms with E-state index in [0.29, 0.717) is 6.42 Å². The number of nitrogens with one attached hydrogen (secondary N) is 1. The lowest BCUT2D eigenvalue weighted by atomic mass is 10.1. The maximum absolute atomic E-state index is 12.8. The van der Waals surface area contributed by atoms with Crippen molar-refractivity contribution < 1.29 is 27.5 Å².